The maximum atomic E-state index is 5.60. The fraction of sp³-hybridized carbons (Fsp3) is 0.400. The number of pyridine rings is 1. The summed E-state index contributed by atoms with van der Waals surface area (Å²) in [5.41, 5.74) is 5.60. The van der Waals surface area contributed by atoms with Gasteiger partial charge in [0.05, 0.1) is 7.11 Å². The van der Waals surface area contributed by atoms with Gasteiger partial charge in [-0.15, -0.1) is 0 Å². The second kappa shape index (κ2) is 6.38. The molecule has 102 valence electrons. The van der Waals surface area contributed by atoms with Gasteiger partial charge in [-0.25, -0.2) is 4.98 Å². The molecule has 0 atom stereocenters. The number of aromatic nitrogens is 1. The van der Waals surface area contributed by atoms with Crippen molar-refractivity contribution in [1.29, 1.82) is 0 Å². The lowest BCUT2D eigenvalue weighted by atomic mass is 10.1. The van der Waals surface area contributed by atoms with E-state index in [1.165, 1.54) is 5.39 Å². The minimum absolute atomic E-state index is 0.699. The summed E-state index contributed by atoms with van der Waals surface area (Å²) in [5, 5.41) is 2.30. The van der Waals surface area contributed by atoms with Gasteiger partial charge >= 0.3 is 0 Å². The molecule has 0 fully saturated rings. The molecule has 0 saturated heterocycles. The Labute approximate surface area is 114 Å². The Morgan fingerprint density at radius 1 is 1.32 bits per heavy atom. The Kier molecular flexibility index (Phi) is 4.58. The normalized spacial score (nSPS) is 10.7. The molecule has 2 aromatic rings. The quantitative estimate of drug-likeness (QED) is 0.865. The Morgan fingerprint density at radius 3 is 2.84 bits per heavy atom. The van der Waals surface area contributed by atoms with Crippen molar-refractivity contribution in [3.05, 3.63) is 30.5 Å². The highest BCUT2D eigenvalue weighted by Crippen LogP contribution is 2.28. The summed E-state index contributed by atoms with van der Waals surface area (Å²) in [5.74, 6) is 1.86. The van der Waals surface area contributed by atoms with Gasteiger partial charge in [-0.2, -0.15) is 0 Å². The van der Waals surface area contributed by atoms with Crippen LogP contribution in [0.1, 0.15) is 13.3 Å². The van der Waals surface area contributed by atoms with E-state index in [2.05, 4.69) is 22.9 Å². The third-order valence-electron chi connectivity index (χ3n) is 3.27. The third-order valence-corrected chi connectivity index (χ3v) is 3.27. The van der Waals surface area contributed by atoms with Crippen LogP contribution in [0.3, 0.4) is 0 Å². The summed E-state index contributed by atoms with van der Waals surface area (Å²) in [7, 11) is 1.68. The Bertz CT molecular complexity index is 542. The number of rotatable bonds is 6. The number of hydrogen-bond donors (Lipinski definition) is 1. The molecule has 0 amide bonds. The summed E-state index contributed by atoms with van der Waals surface area (Å²) in [6.45, 7) is 4.68. The molecule has 1 heterocycles. The molecule has 4 nitrogen and oxygen atoms in total. The standard InChI is InChI=1S/C15H21N3O/c1-3-18(10-4-8-16)15-14-11-13(19-2)6-5-12(14)7-9-17-15/h5-7,9,11H,3-4,8,10,16H2,1-2H3. The first-order chi connectivity index (χ1) is 9.30. The number of nitrogens with zero attached hydrogens (tertiary/aromatic N) is 2. The molecule has 0 saturated carbocycles. The van der Waals surface area contributed by atoms with Crippen molar-refractivity contribution in [1.82, 2.24) is 4.98 Å². The monoisotopic (exact) mass is 259 g/mol. The summed E-state index contributed by atoms with van der Waals surface area (Å²) in [4.78, 5) is 6.79. The second-order valence-electron chi connectivity index (χ2n) is 4.44. The minimum Gasteiger partial charge on any atom is -0.497 e. The zero-order valence-electron chi connectivity index (χ0n) is 11.6. The van der Waals surface area contributed by atoms with Gasteiger partial charge in [0.15, 0.2) is 0 Å². The lowest BCUT2D eigenvalue weighted by molar-refractivity contribution is 0.415. The number of hydrogen-bond acceptors (Lipinski definition) is 4. The maximum Gasteiger partial charge on any atom is 0.136 e. The van der Waals surface area contributed by atoms with E-state index in [4.69, 9.17) is 10.5 Å². The highest BCUT2D eigenvalue weighted by atomic mass is 16.5. The topological polar surface area (TPSA) is 51.4 Å². The van der Waals surface area contributed by atoms with Crippen molar-refractivity contribution in [2.75, 3.05) is 31.6 Å². The van der Waals surface area contributed by atoms with Gasteiger partial charge in [-0.3, -0.25) is 0 Å². The zero-order valence-corrected chi connectivity index (χ0v) is 11.6. The van der Waals surface area contributed by atoms with E-state index in [1.54, 1.807) is 7.11 Å². The molecule has 0 aliphatic carbocycles. The number of anilines is 1. The molecule has 4 heteroatoms. The Hall–Kier alpha value is -1.81. The van der Waals surface area contributed by atoms with Crippen LogP contribution in [-0.4, -0.2) is 31.7 Å². The predicted octanol–water partition coefficient (Wildman–Crippen LogP) is 2.42. The van der Waals surface area contributed by atoms with Gasteiger partial charge in [0.2, 0.25) is 0 Å². The number of benzene rings is 1. The van der Waals surface area contributed by atoms with Crippen molar-refractivity contribution in [3.8, 4) is 5.75 Å². The van der Waals surface area contributed by atoms with Crippen molar-refractivity contribution in [3.63, 3.8) is 0 Å². The minimum atomic E-state index is 0.699. The van der Waals surface area contributed by atoms with Gasteiger partial charge < -0.3 is 15.4 Å². The molecule has 2 rings (SSSR count). The van der Waals surface area contributed by atoms with Crippen LogP contribution >= 0.6 is 0 Å². The first-order valence-electron chi connectivity index (χ1n) is 6.68. The number of fused-ring (bicyclic) bond motifs is 1. The van der Waals surface area contributed by atoms with Crippen LogP contribution in [0.2, 0.25) is 0 Å². The van der Waals surface area contributed by atoms with Crippen LogP contribution in [0.4, 0.5) is 5.82 Å². The van der Waals surface area contributed by atoms with E-state index < -0.39 is 0 Å². The molecular formula is C15H21N3O. The van der Waals surface area contributed by atoms with Gasteiger partial charge in [-0.05, 0) is 43.5 Å². The van der Waals surface area contributed by atoms with Crippen molar-refractivity contribution in [2.24, 2.45) is 5.73 Å². The molecule has 1 aromatic heterocycles. The van der Waals surface area contributed by atoms with Crippen molar-refractivity contribution >= 4 is 16.6 Å². The van der Waals surface area contributed by atoms with Crippen LogP contribution in [0.15, 0.2) is 30.5 Å². The van der Waals surface area contributed by atoms with Gasteiger partial charge in [0, 0.05) is 24.7 Å². The fourth-order valence-electron chi connectivity index (χ4n) is 2.21. The number of methoxy groups -OCH3 is 1. The van der Waals surface area contributed by atoms with E-state index in [9.17, 15) is 0 Å². The molecule has 0 bridgehead atoms. The first-order valence-corrected chi connectivity index (χ1v) is 6.68. The molecule has 1 aromatic carbocycles. The lowest BCUT2D eigenvalue weighted by Crippen LogP contribution is -2.26. The van der Waals surface area contributed by atoms with Crippen molar-refractivity contribution < 1.29 is 4.74 Å². The van der Waals surface area contributed by atoms with Crippen LogP contribution in [-0.2, 0) is 0 Å². The summed E-state index contributed by atoms with van der Waals surface area (Å²) in [6, 6.07) is 8.11. The second-order valence-corrected chi connectivity index (χ2v) is 4.44. The summed E-state index contributed by atoms with van der Waals surface area (Å²) >= 11 is 0. The van der Waals surface area contributed by atoms with E-state index in [0.717, 1.165) is 36.5 Å². The van der Waals surface area contributed by atoms with Crippen LogP contribution in [0.5, 0.6) is 5.75 Å². The number of ether oxygens (including phenoxy) is 1. The van der Waals surface area contributed by atoms with Crippen LogP contribution in [0, 0.1) is 0 Å². The first kappa shape index (κ1) is 13.6. The summed E-state index contributed by atoms with van der Waals surface area (Å²) in [6.07, 6.45) is 2.82. The Balaban J connectivity index is 2.45. The average Bonchev–Trinajstić information content (AvgIpc) is 2.47. The molecule has 0 aliphatic heterocycles. The molecule has 19 heavy (non-hydrogen) atoms. The fourth-order valence-corrected chi connectivity index (χ4v) is 2.21. The predicted molar refractivity (Wildman–Crippen MR) is 79.9 cm³/mol. The highest BCUT2D eigenvalue weighted by molar-refractivity contribution is 5.93. The van der Waals surface area contributed by atoms with Crippen molar-refractivity contribution in [2.45, 2.75) is 13.3 Å². The highest BCUT2D eigenvalue weighted by Gasteiger charge is 2.10. The molecular weight excluding hydrogens is 238 g/mol. The average molecular weight is 259 g/mol. The molecule has 0 radical (unpaired) electrons. The van der Waals surface area contributed by atoms with Gasteiger partial charge in [0.25, 0.3) is 0 Å². The molecule has 2 N–H and O–H groups in total. The van der Waals surface area contributed by atoms with E-state index >= 15 is 0 Å². The lowest BCUT2D eigenvalue weighted by Gasteiger charge is -2.23. The number of nitrogens with two attached hydrogens (primary N) is 1. The van der Waals surface area contributed by atoms with Gasteiger partial charge in [-0.1, -0.05) is 6.07 Å². The smallest absolute Gasteiger partial charge is 0.136 e. The van der Waals surface area contributed by atoms with E-state index in [0.29, 0.717) is 6.54 Å². The molecule has 0 unspecified atom stereocenters. The zero-order chi connectivity index (χ0) is 13.7. The van der Waals surface area contributed by atoms with Crippen LogP contribution in [0.25, 0.3) is 10.8 Å². The van der Waals surface area contributed by atoms with E-state index in [-0.39, 0.29) is 0 Å². The SMILES string of the molecule is CCN(CCCN)c1nccc2ccc(OC)cc12. The van der Waals surface area contributed by atoms with E-state index in [1.807, 2.05) is 24.4 Å². The largest absolute Gasteiger partial charge is 0.497 e. The maximum absolute atomic E-state index is 5.60. The third kappa shape index (κ3) is 2.96. The Morgan fingerprint density at radius 2 is 2.16 bits per heavy atom. The summed E-state index contributed by atoms with van der Waals surface area (Å²) < 4.78 is 5.31. The van der Waals surface area contributed by atoms with Crippen LogP contribution < -0.4 is 15.4 Å². The molecule has 0 aliphatic rings. The van der Waals surface area contributed by atoms with Gasteiger partial charge in [0.1, 0.15) is 11.6 Å². The molecule has 0 spiro atoms.